The fourth-order valence-electron chi connectivity index (χ4n) is 2.96. The maximum Gasteiger partial charge on any atom is 0.327 e. The van der Waals surface area contributed by atoms with Crippen molar-refractivity contribution in [3.05, 3.63) is 78.8 Å². The smallest absolute Gasteiger partial charge is 0.327 e. The molecule has 0 saturated heterocycles. The number of nitro groups is 1. The molecule has 0 spiro atoms. The lowest BCUT2D eigenvalue weighted by molar-refractivity contribution is -0.384. The van der Waals surface area contributed by atoms with Crippen molar-refractivity contribution in [1.82, 2.24) is 15.3 Å². The Morgan fingerprint density at radius 2 is 1.78 bits per heavy atom. The molecule has 1 unspecified atom stereocenters. The summed E-state index contributed by atoms with van der Waals surface area (Å²) in [5, 5.41) is 14.1. The molecule has 0 saturated carbocycles. The Balaban J connectivity index is 0.00000363. The van der Waals surface area contributed by atoms with Crippen LogP contribution < -0.4 is 21.2 Å². The number of halogens is 1. The third-order valence-corrected chi connectivity index (χ3v) is 5.26. The molecule has 0 aliphatic rings. The predicted molar refractivity (Wildman–Crippen MR) is 119 cm³/mol. The zero-order chi connectivity index (χ0) is 22.6. The minimum atomic E-state index is -4.41. The summed E-state index contributed by atoms with van der Waals surface area (Å²) in [6, 6.07) is 10.1. The van der Waals surface area contributed by atoms with Gasteiger partial charge in [0.2, 0.25) is 0 Å². The lowest BCUT2D eigenvalue weighted by atomic mass is 10.1. The van der Waals surface area contributed by atoms with Gasteiger partial charge in [-0.1, -0.05) is 18.2 Å². The van der Waals surface area contributed by atoms with Crippen LogP contribution in [0.5, 0.6) is 5.75 Å². The van der Waals surface area contributed by atoms with Crippen LogP contribution in [0.15, 0.2) is 52.1 Å². The van der Waals surface area contributed by atoms with Gasteiger partial charge in [0.25, 0.3) is 5.69 Å². The minimum absolute atomic E-state index is 0. The number of hydrogen-bond donors (Lipinski definition) is 5. The molecule has 0 aliphatic heterocycles. The van der Waals surface area contributed by atoms with Crippen LogP contribution in [-0.2, 0) is 11.1 Å². The molecular formula is C18H20ClN4O8P. The van der Waals surface area contributed by atoms with Crippen molar-refractivity contribution < 1.29 is 24.0 Å². The third-order valence-electron chi connectivity index (χ3n) is 4.34. The highest BCUT2D eigenvalue weighted by atomic mass is 35.5. The average molecular weight is 487 g/mol. The maximum absolute atomic E-state index is 11.7. The molecule has 5 N–H and O–H groups in total. The van der Waals surface area contributed by atoms with Crippen molar-refractivity contribution in [2.75, 3.05) is 12.8 Å². The maximum atomic E-state index is 11.7. The van der Waals surface area contributed by atoms with E-state index in [0.29, 0.717) is 5.75 Å². The molecule has 172 valence electrons. The van der Waals surface area contributed by atoms with Gasteiger partial charge in [-0.3, -0.25) is 24.3 Å². The number of benzene rings is 2. The van der Waals surface area contributed by atoms with Crippen LogP contribution in [0, 0.1) is 10.1 Å². The molecule has 3 aromatic rings. The van der Waals surface area contributed by atoms with Gasteiger partial charge in [-0.15, -0.1) is 12.4 Å². The second-order valence-electron chi connectivity index (χ2n) is 6.74. The number of para-hydroxylation sites is 1. The SMILES string of the molecule is Cl.O=c1[nH]c2cc([N+](=O)[O-])cc(CNC(COc3ccccc3)CP(=O)(O)O)c2[nH]c1=O. The van der Waals surface area contributed by atoms with E-state index in [1.54, 1.807) is 30.3 Å². The van der Waals surface area contributed by atoms with Crippen molar-refractivity contribution in [1.29, 1.82) is 0 Å². The monoisotopic (exact) mass is 486 g/mol. The first-order valence-electron chi connectivity index (χ1n) is 9.02. The molecule has 0 radical (unpaired) electrons. The van der Waals surface area contributed by atoms with Crippen molar-refractivity contribution >= 4 is 36.7 Å². The predicted octanol–water partition coefficient (Wildman–Crippen LogP) is 1.26. The second kappa shape index (κ2) is 10.5. The van der Waals surface area contributed by atoms with Crippen LogP contribution in [0.25, 0.3) is 11.0 Å². The van der Waals surface area contributed by atoms with E-state index >= 15 is 0 Å². The first-order valence-corrected chi connectivity index (χ1v) is 10.8. The highest BCUT2D eigenvalue weighted by Gasteiger charge is 2.23. The Morgan fingerprint density at radius 3 is 2.41 bits per heavy atom. The summed E-state index contributed by atoms with van der Waals surface area (Å²) in [6.07, 6.45) is -0.542. The topological polar surface area (TPSA) is 188 Å². The van der Waals surface area contributed by atoms with Crippen LogP contribution in [0.4, 0.5) is 5.69 Å². The molecule has 0 fully saturated rings. The number of aromatic amines is 2. The molecule has 32 heavy (non-hydrogen) atoms. The number of aromatic nitrogens is 2. The van der Waals surface area contributed by atoms with Crippen molar-refractivity contribution in [3.63, 3.8) is 0 Å². The molecular weight excluding hydrogens is 467 g/mol. The molecule has 1 aromatic heterocycles. The van der Waals surface area contributed by atoms with Crippen LogP contribution in [0.1, 0.15) is 5.56 Å². The largest absolute Gasteiger partial charge is 0.492 e. The standard InChI is InChI=1S/C18H19N4O8P.ClH/c23-17-18(24)21-16-11(6-13(22(25)26)7-15(16)20-17)8-19-12(10-31(27,28)29)9-30-14-4-2-1-3-5-14;/h1-7,12,19H,8-10H2,(H,20,23)(H,21,24)(H2,27,28,29);1H. The van der Waals surface area contributed by atoms with Crippen molar-refractivity contribution in [2.45, 2.75) is 12.6 Å². The van der Waals surface area contributed by atoms with E-state index < -0.39 is 35.8 Å². The van der Waals surface area contributed by atoms with Gasteiger partial charge in [0.1, 0.15) is 12.4 Å². The third kappa shape index (κ3) is 6.74. The Labute approximate surface area is 186 Å². The van der Waals surface area contributed by atoms with Gasteiger partial charge in [0.15, 0.2) is 0 Å². The van der Waals surface area contributed by atoms with Gasteiger partial charge in [0.05, 0.1) is 28.2 Å². The average Bonchev–Trinajstić information content (AvgIpc) is 2.70. The molecule has 3 rings (SSSR count). The molecule has 0 bridgehead atoms. The highest BCUT2D eigenvalue weighted by molar-refractivity contribution is 7.51. The molecule has 0 amide bonds. The summed E-state index contributed by atoms with van der Waals surface area (Å²) in [4.78, 5) is 57.3. The van der Waals surface area contributed by atoms with E-state index in [-0.39, 0.29) is 47.8 Å². The molecule has 2 aromatic carbocycles. The number of H-pyrrole nitrogens is 2. The summed E-state index contributed by atoms with van der Waals surface area (Å²) in [6.45, 7) is -0.182. The van der Waals surface area contributed by atoms with Gasteiger partial charge in [-0.2, -0.15) is 0 Å². The lowest BCUT2D eigenvalue weighted by Crippen LogP contribution is -2.37. The van der Waals surface area contributed by atoms with Gasteiger partial charge in [0, 0.05) is 18.7 Å². The Bertz CT molecular complexity index is 1260. The number of rotatable bonds is 9. The van der Waals surface area contributed by atoms with E-state index in [1.807, 2.05) is 0 Å². The zero-order valence-corrected chi connectivity index (χ0v) is 18.1. The number of non-ortho nitro benzene ring substituents is 1. The quantitative estimate of drug-likeness (QED) is 0.128. The number of nitrogens with one attached hydrogen (secondary N) is 3. The number of nitro benzene ring substituents is 1. The van der Waals surface area contributed by atoms with Crippen LogP contribution in [0.2, 0.25) is 0 Å². The number of nitrogens with zero attached hydrogens (tertiary/aromatic N) is 1. The number of fused-ring (bicyclic) bond motifs is 1. The van der Waals surface area contributed by atoms with Gasteiger partial charge >= 0.3 is 18.7 Å². The summed E-state index contributed by atoms with van der Waals surface area (Å²) in [5.74, 6) is 0.503. The molecule has 14 heteroatoms. The first-order chi connectivity index (χ1) is 14.6. The van der Waals surface area contributed by atoms with E-state index in [1.165, 1.54) is 6.07 Å². The van der Waals surface area contributed by atoms with Gasteiger partial charge in [-0.25, -0.2) is 0 Å². The Morgan fingerprint density at radius 1 is 1.12 bits per heavy atom. The minimum Gasteiger partial charge on any atom is -0.492 e. The first kappa shape index (κ1) is 25.2. The zero-order valence-electron chi connectivity index (χ0n) is 16.4. The summed E-state index contributed by atoms with van der Waals surface area (Å²) >= 11 is 0. The molecule has 1 atom stereocenters. The number of ether oxygens (including phenoxy) is 1. The fourth-order valence-corrected chi connectivity index (χ4v) is 3.77. The van der Waals surface area contributed by atoms with Crippen LogP contribution in [-0.4, -0.2) is 43.5 Å². The Kier molecular flexibility index (Phi) is 8.31. The van der Waals surface area contributed by atoms with Crippen molar-refractivity contribution in [2.24, 2.45) is 0 Å². The summed E-state index contributed by atoms with van der Waals surface area (Å²) < 4.78 is 17.1. The molecule has 0 aliphatic carbocycles. The number of hydrogen-bond acceptors (Lipinski definition) is 7. The molecule has 1 heterocycles. The molecule has 12 nitrogen and oxygen atoms in total. The van der Waals surface area contributed by atoms with Crippen LogP contribution >= 0.6 is 20.0 Å². The summed E-state index contributed by atoms with van der Waals surface area (Å²) in [7, 11) is -4.41. The Hall–Kier alpha value is -3.02. The summed E-state index contributed by atoms with van der Waals surface area (Å²) in [5.41, 5.74) is -1.72. The van der Waals surface area contributed by atoms with E-state index in [0.717, 1.165) is 6.07 Å². The highest BCUT2D eigenvalue weighted by Crippen LogP contribution is 2.35. The van der Waals surface area contributed by atoms with Crippen LogP contribution in [0.3, 0.4) is 0 Å². The van der Waals surface area contributed by atoms with E-state index in [4.69, 9.17) is 4.74 Å². The fraction of sp³-hybridized carbons (Fsp3) is 0.222. The van der Waals surface area contributed by atoms with Gasteiger partial charge in [-0.05, 0) is 17.7 Å². The lowest BCUT2D eigenvalue weighted by Gasteiger charge is -2.20. The normalized spacial score (nSPS) is 12.2. The van der Waals surface area contributed by atoms with Gasteiger partial charge < -0.3 is 29.8 Å². The van der Waals surface area contributed by atoms with Crippen molar-refractivity contribution in [3.8, 4) is 5.75 Å². The van der Waals surface area contributed by atoms with E-state index in [9.17, 15) is 34.1 Å². The van der Waals surface area contributed by atoms with E-state index in [2.05, 4.69) is 15.3 Å². The second-order valence-corrected chi connectivity index (χ2v) is 8.44.